The number of aliphatic carboxylic acids is 2. The minimum absolute atomic E-state index is 0.0289. The minimum Gasteiger partial charge on any atom is -0.481 e. The van der Waals surface area contributed by atoms with Gasteiger partial charge in [0.25, 0.3) is 0 Å². The van der Waals surface area contributed by atoms with Gasteiger partial charge in [-0.25, -0.2) is 0 Å². The van der Waals surface area contributed by atoms with Crippen molar-refractivity contribution in [2.45, 2.75) is 57.8 Å². The summed E-state index contributed by atoms with van der Waals surface area (Å²) in [7, 11) is 0. The van der Waals surface area contributed by atoms with E-state index in [2.05, 4.69) is 0 Å². The van der Waals surface area contributed by atoms with E-state index >= 15 is 0 Å². The summed E-state index contributed by atoms with van der Waals surface area (Å²) < 4.78 is 0. The van der Waals surface area contributed by atoms with Crippen LogP contribution in [0.1, 0.15) is 57.8 Å². The summed E-state index contributed by atoms with van der Waals surface area (Å²) in [5.41, 5.74) is 5.20. The summed E-state index contributed by atoms with van der Waals surface area (Å²) in [6.45, 7) is 0.666. The van der Waals surface area contributed by atoms with Crippen molar-refractivity contribution in [2.75, 3.05) is 6.54 Å². The molecule has 1 fully saturated rings. The molecule has 0 bridgehead atoms. The predicted molar refractivity (Wildman–Crippen MR) is 69.4 cm³/mol. The molecule has 0 atom stereocenters. The van der Waals surface area contributed by atoms with E-state index in [0.29, 0.717) is 6.54 Å². The first-order valence-electron chi connectivity index (χ1n) is 6.72. The van der Waals surface area contributed by atoms with Gasteiger partial charge in [0.1, 0.15) is 0 Å². The van der Waals surface area contributed by atoms with Crippen LogP contribution in [0.15, 0.2) is 0 Å². The molecule has 1 rings (SSSR count). The molecular formula is C13H25NO4. The van der Waals surface area contributed by atoms with Crippen molar-refractivity contribution in [3.05, 3.63) is 0 Å². The maximum atomic E-state index is 10.4. The highest BCUT2D eigenvalue weighted by Crippen LogP contribution is 2.23. The van der Waals surface area contributed by atoms with E-state index in [0.717, 1.165) is 44.9 Å². The van der Waals surface area contributed by atoms with E-state index in [4.69, 9.17) is 15.9 Å². The second-order valence-electron chi connectivity index (χ2n) is 4.67. The van der Waals surface area contributed by atoms with E-state index in [1.807, 2.05) is 0 Å². The molecule has 18 heavy (non-hydrogen) atoms. The van der Waals surface area contributed by atoms with Crippen LogP contribution < -0.4 is 5.73 Å². The number of carbonyl (C=O) groups is 2. The topological polar surface area (TPSA) is 101 Å². The third kappa shape index (κ3) is 10.1. The Labute approximate surface area is 108 Å². The lowest BCUT2D eigenvalue weighted by Crippen LogP contribution is -2.16. The maximum Gasteiger partial charge on any atom is 0.306 e. The van der Waals surface area contributed by atoms with Crippen LogP contribution in [0.3, 0.4) is 0 Å². The SMILES string of the molecule is NCCCCCC(=O)O.O=C(O)C1CCCCC1. The Balaban J connectivity index is 0.000000321. The maximum absolute atomic E-state index is 10.4. The van der Waals surface area contributed by atoms with Crippen LogP contribution in [-0.2, 0) is 9.59 Å². The Kier molecular flexibility index (Phi) is 10.3. The summed E-state index contributed by atoms with van der Waals surface area (Å²) in [6, 6.07) is 0. The van der Waals surface area contributed by atoms with E-state index in [-0.39, 0.29) is 12.3 Å². The molecule has 0 aromatic rings. The van der Waals surface area contributed by atoms with Crippen molar-refractivity contribution in [3.63, 3.8) is 0 Å². The molecular weight excluding hydrogens is 234 g/mol. The smallest absolute Gasteiger partial charge is 0.306 e. The van der Waals surface area contributed by atoms with E-state index in [9.17, 15) is 9.59 Å². The van der Waals surface area contributed by atoms with Crippen LogP contribution >= 0.6 is 0 Å². The molecule has 106 valence electrons. The zero-order valence-electron chi connectivity index (χ0n) is 10.9. The molecule has 1 aliphatic rings. The van der Waals surface area contributed by atoms with Gasteiger partial charge in [-0.05, 0) is 32.2 Å². The highest BCUT2D eigenvalue weighted by atomic mass is 16.4. The standard InChI is InChI=1S/C7H12O2.C6H13NO2/c8-7(9)6-4-2-1-3-5-6;7-5-3-1-2-4-6(8)9/h6H,1-5H2,(H,8,9);1-5,7H2,(H,8,9). The van der Waals surface area contributed by atoms with E-state index in [1.165, 1.54) is 6.42 Å². The van der Waals surface area contributed by atoms with E-state index in [1.54, 1.807) is 0 Å². The minimum atomic E-state index is -0.716. The molecule has 5 nitrogen and oxygen atoms in total. The van der Waals surface area contributed by atoms with Crippen LogP contribution in [0.2, 0.25) is 0 Å². The van der Waals surface area contributed by atoms with Gasteiger partial charge in [-0.3, -0.25) is 9.59 Å². The molecule has 0 saturated heterocycles. The highest BCUT2D eigenvalue weighted by molar-refractivity contribution is 5.69. The molecule has 0 aromatic carbocycles. The van der Waals surface area contributed by atoms with Gasteiger partial charge in [0.15, 0.2) is 0 Å². The summed E-state index contributed by atoms with van der Waals surface area (Å²) >= 11 is 0. The van der Waals surface area contributed by atoms with Gasteiger partial charge in [0, 0.05) is 6.42 Å². The van der Waals surface area contributed by atoms with Gasteiger partial charge in [-0.15, -0.1) is 0 Å². The number of carboxylic acid groups (broad SMARTS) is 2. The Morgan fingerprint density at radius 3 is 2.00 bits per heavy atom. The van der Waals surface area contributed by atoms with Crippen LogP contribution in [0.25, 0.3) is 0 Å². The summed E-state index contributed by atoms with van der Waals surface area (Å²) in [5.74, 6) is -1.35. The summed E-state index contributed by atoms with van der Waals surface area (Å²) in [5, 5.41) is 16.7. The molecule has 0 unspecified atom stereocenters. The van der Waals surface area contributed by atoms with Crippen molar-refractivity contribution in [2.24, 2.45) is 11.7 Å². The lowest BCUT2D eigenvalue weighted by atomic mass is 9.90. The molecule has 0 aliphatic heterocycles. The number of carboxylic acids is 2. The largest absolute Gasteiger partial charge is 0.481 e. The lowest BCUT2D eigenvalue weighted by Gasteiger charge is -2.16. The Hall–Kier alpha value is -1.10. The third-order valence-corrected chi connectivity index (χ3v) is 3.05. The Morgan fingerprint density at radius 1 is 1.00 bits per heavy atom. The molecule has 0 heterocycles. The van der Waals surface area contributed by atoms with Gasteiger partial charge in [0.2, 0.25) is 0 Å². The molecule has 0 aromatic heterocycles. The summed E-state index contributed by atoms with van der Waals surface area (Å²) in [6.07, 6.45) is 8.14. The second kappa shape index (κ2) is 11.0. The van der Waals surface area contributed by atoms with Crippen molar-refractivity contribution >= 4 is 11.9 Å². The van der Waals surface area contributed by atoms with Crippen LogP contribution in [0, 0.1) is 5.92 Å². The molecule has 0 amide bonds. The third-order valence-electron chi connectivity index (χ3n) is 3.05. The first kappa shape index (κ1) is 16.9. The van der Waals surface area contributed by atoms with Crippen LogP contribution in [-0.4, -0.2) is 28.7 Å². The number of hydrogen-bond acceptors (Lipinski definition) is 3. The molecule has 1 saturated carbocycles. The summed E-state index contributed by atoms with van der Waals surface area (Å²) in [4.78, 5) is 20.3. The average Bonchev–Trinajstić information content (AvgIpc) is 2.36. The zero-order valence-corrected chi connectivity index (χ0v) is 10.9. The van der Waals surface area contributed by atoms with Crippen molar-refractivity contribution in [3.8, 4) is 0 Å². The fourth-order valence-electron chi connectivity index (χ4n) is 1.95. The molecule has 1 aliphatic carbocycles. The quantitative estimate of drug-likeness (QED) is 0.635. The Bertz CT molecular complexity index is 237. The van der Waals surface area contributed by atoms with Crippen molar-refractivity contribution in [1.29, 1.82) is 0 Å². The Morgan fingerprint density at radius 2 is 1.61 bits per heavy atom. The monoisotopic (exact) mass is 259 g/mol. The van der Waals surface area contributed by atoms with Gasteiger partial charge in [-0.1, -0.05) is 25.7 Å². The lowest BCUT2D eigenvalue weighted by molar-refractivity contribution is -0.142. The van der Waals surface area contributed by atoms with Crippen molar-refractivity contribution in [1.82, 2.24) is 0 Å². The zero-order chi connectivity index (χ0) is 13.8. The number of rotatable bonds is 6. The first-order chi connectivity index (χ1) is 8.57. The average molecular weight is 259 g/mol. The first-order valence-corrected chi connectivity index (χ1v) is 6.72. The second-order valence-corrected chi connectivity index (χ2v) is 4.67. The number of hydrogen-bond donors (Lipinski definition) is 3. The fraction of sp³-hybridized carbons (Fsp3) is 0.846. The van der Waals surface area contributed by atoms with Crippen LogP contribution in [0.5, 0.6) is 0 Å². The predicted octanol–water partition coefficient (Wildman–Crippen LogP) is 2.24. The van der Waals surface area contributed by atoms with Gasteiger partial charge < -0.3 is 15.9 Å². The van der Waals surface area contributed by atoms with E-state index < -0.39 is 11.9 Å². The number of nitrogens with two attached hydrogens (primary N) is 1. The van der Waals surface area contributed by atoms with Crippen molar-refractivity contribution < 1.29 is 19.8 Å². The number of unbranched alkanes of at least 4 members (excludes halogenated alkanes) is 2. The van der Waals surface area contributed by atoms with Gasteiger partial charge in [-0.2, -0.15) is 0 Å². The molecule has 0 spiro atoms. The normalized spacial score (nSPS) is 15.6. The molecule has 0 radical (unpaired) electrons. The van der Waals surface area contributed by atoms with Gasteiger partial charge in [0.05, 0.1) is 5.92 Å². The highest BCUT2D eigenvalue weighted by Gasteiger charge is 2.19. The molecule has 4 N–H and O–H groups in total. The van der Waals surface area contributed by atoms with Gasteiger partial charge >= 0.3 is 11.9 Å². The fourth-order valence-corrected chi connectivity index (χ4v) is 1.95. The van der Waals surface area contributed by atoms with Crippen LogP contribution in [0.4, 0.5) is 0 Å². The molecule has 5 heteroatoms.